The Kier molecular flexibility index (Phi) is 6.66. The quantitative estimate of drug-likeness (QED) is 0.383. The highest BCUT2D eigenvalue weighted by Crippen LogP contribution is 2.34. The molecule has 188 valence electrons. The number of H-pyrrole nitrogens is 1. The van der Waals surface area contributed by atoms with Crippen LogP contribution in [0.15, 0.2) is 72.9 Å². The Labute approximate surface area is 217 Å². The lowest BCUT2D eigenvalue weighted by Crippen LogP contribution is -2.42. The predicted molar refractivity (Wildman–Crippen MR) is 145 cm³/mol. The van der Waals surface area contributed by atoms with Gasteiger partial charge < -0.3 is 15.6 Å². The Morgan fingerprint density at radius 2 is 1.68 bits per heavy atom. The second kappa shape index (κ2) is 10.1. The van der Waals surface area contributed by atoms with Gasteiger partial charge in [0.2, 0.25) is 11.8 Å². The fourth-order valence-corrected chi connectivity index (χ4v) is 5.40. The predicted octanol–water partition coefficient (Wildman–Crippen LogP) is 5.30. The number of aromatic amines is 1. The van der Waals surface area contributed by atoms with E-state index in [9.17, 15) is 9.59 Å². The highest BCUT2D eigenvalue weighted by molar-refractivity contribution is 5.93. The molecule has 6 heteroatoms. The standard InChI is InChI=1S/C31H32N4O2/c1-19-13-25(29(32)36)14-20(2)26(19)15-21(3)31(37)35-18-24-12-8-7-11-23(24)16-28(35)30-33-17-27(34-30)22-9-5-4-6-10-22/h4-14,17,21,28H,15-16,18H2,1-3H3,(H2,32,36)(H,33,34)/t21-,28-/m0/s1. The van der Waals surface area contributed by atoms with Crippen molar-refractivity contribution in [2.75, 3.05) is 0 Å². The zero-order valence-electron chi connectivity index (χ0n) is 21.5. The molecule has 1 aromatic heterocycles. The Morgan fingerprint density at radius 3 is 2.35 bits per heavy atom. The monoisotopic (exact) mass is 492 g/mol. The molecule has 3 N–H and O–H groups in total. The topological polar surface area (TPSA) is 92.1 Å². The molecule has 0 spiro atoms. The molecule has 2 heterocycles. The maximum Gasteiger partial charge on any atom is 0.248 e. The Morgan fingerprint density at radius 1 is 1.03 bits per heavy atom. The van der Waals surface area contributed by atoms with Crippen LogP contribution in [-0.2, 0) is 24.2 Å². The summed E-state index contributed by atoms with van der Waals surface area (Å²) in [6, 6.07) is 21.9. The number of imidazole rings is 1. The highest BCUT2D eigenvalue weighted by atomic mass is 16.2. The zero-order chi connectivity index (χ0) is 26.1. The van der Waals surface area contributed by atoms with E-state index in [1.165, 1.54) is 11.1 Å². The SMILES string of the molecule is Cc1cc(C(N)=O)cc(C)c1C[C@H](C)C(=O)N1Cc2ccccc2C[C@H]1c1ncc(-c2ccccc2)[nH]1. The molecule has 0 saturated heterocycles. The van der Waals surface area contributed by atoms with Crippen LogP contribution in [0, 0.1) is 19.8 Å². The van der Waals surface area contributed by atoms with Crippen molar-refractivity contribution in [1.29, 1.82) is 0 Å². The summed E-state index contributed by atoms with van der Waals surface area (Å²) in [5.41, 5.74) is 13.5. The minimum atomic E-state index is -0.440. The molecule has 2 amide bonds. The van der Waals surface area contributed by atoms with Gasteiger partial charge in [0.15, 0.2) is 0 Å². The number of nitrogens with zero attached hydrogens (tertiary/aromatic N) is 2. The summed E-state index contributed by atoms with van der Waals surface area (Å²) in [5, 5.41) is 0. The summed E-state index contributed by atoms with van der Waals surface area (Å²) in [6.45, 7) is 6.47. The van der Waals surface area contributed by atoms with Gasteiger partial charge in [-0.2, -0.15) is 0 Å². The third-order valence-electron chi connectivity index (χ3n) is 7.44. The average molecular weight is 493 g/mol. The van der Waals surface area contributed by atoms with Gasteiger partial charge in [-0.15, -0.1) is 0 Å². The molecule has 0 bridgehead atoms. The Hall–Kier alpha value is -4.19. The number of hydrogen-bond acceptors (Lipinski definition) is 3. The molecule has 2 atom stereocenters. The van der Waals surface area contributed by atoms with Crippen LogP contribution in [-0.4, -0.2) is 26.7 Å². The van der Waals surface area contributed by atoms with E-state index in [0.717, 1.165) is 33.8 Å². The van der Waals surface area contributed by atoms with Crippen LogP contribution >= 0.6 is 0 Å². The van der Waals surface area contributed by atoms with Crippen molar-refractivity contribution in [3.8, 4) is 11.3 Å². The molecule has 0 fully saturated rings. The average Bonchev–Trinajstić information content (AvgIpc) is 3.40. The van der Waals surface area contributed by atoms with Crippen molar-refractivity contribution in [1.82, 2.24) is 14.9 Å². The largest absolute Gasteiger partial charge is 0.366 e. The fourth-order valence-electron chi connectivity index (χ4n) is 5.40. The number of rotatable bonds is 6. The summed E-state index contributed by atoms with van der Waals surface area (Å²) >= 11 is 0. The van der Waals surface area contributed by atoms with Crippen LogP contribution in [0.5, 0.6) is 0 Å². The molecular formula is C31H32N4O2. The second-order valence-corrected chi connectivity index (χ2v) is 10.1. The van der Waals surface area contributed by atoms with Gasteiger partial charge in [0.25, 0.3) is 0 Å². The third kappa shape index (κ3) is 4.92. The first-order valence-corrected chi connectivity index (χ1v) is 12.7. The van der Waals surface area contributed by atoms with E-state index in [4.69, 9.17) is 10.7 Å². The molecule has 1 aliphatic rings. The summed E-state index contributed by atoms with van der Waals surface area (Å²) in [5.74, 6) is 0.209. The maximum atomic E-state index is 14.0. The lowest BCUT2D eigenvalue weighted by Gasteiger charge is -2.37. The van der Waals surface area contributed by atoms with Crippen molar-refractivity contribution in [2.24, 2.45) is 11.7 Å². The van der Waals surface area contributed by atoms with Crippen LogP contribution in [0.3, 0.4) is 0 Å². The van der Waals surface area contributed by atoms with Gasteiger partial charge in [-0.25, -0.2) is 4.98 Å². The summed E-state index contributed by atoms with van der Waals surface area (Å²) in [4.78, 5) is 35.8. The number of aryl methyl sites for hydroxylation is 2. The van der Waals surface area contributed by atoms with Crippen molar-refractivity contribution in [3.05, 3.63) is 112 Å². The van der Waals surface area contributed by atoms with Crippen LogP contribution < -0.4 is 5.73 Å². The number of carbonyl (C=O) groups excluding carboxylic acids is 2. The molecule has 4 aromatic rings. The van der Waals surface area contributed by atoms with Gasteiger partial charge in [-0.05, 0) is 65.8 Å². The summed E-state index contributed by atoms with van der Waals surface area (Å²) < 4.78 is 0. The summed E-state index contributed by atoms with van der Waals surface area (Å²) in [6.07, 6.45) is 3.15. The number of hydrogen-bond donors (Lipinski definition) is 2. The molecule has 0 unspecified atom stereocenters. The van der Waals surface area contributed by atoms with E-state index in [1.807, 2.05) is 80.4 Å². The zero-order valence-corrected chi connectivity index (χ0v) is 21.5. The first-order valence-electron chi connectivity index (χ1n) is 12.7. The van der Waals surface area contributed by atoms with E-state index < -0.39 is 5.91 Å². The molecule has 6 nitrogen and oxygen atoms in total. The number of benzene rings is 3. The molecule has 0 aliphatic carbocycles. The third-order valence-corrected chi connectivity index (χ3v) is 7.44. The van der Waals surface area contributed by atoms with Crippen molar-refractivity contribution >= 4 is 11.8 Å². The van der Waals surface area contributed by atoms with Gasteiger partial charge in [0.05, 0.1) is 17.9 Å². The first kappa shape index (κ1) is 24.5. The van der Waals surface area contributed by atoms with Crippen LogP contribution in [0.1, 0.15) is 57.0 Å². The van der Waals surface area contributed by atoms with Gasteiger partial charge in [0.1, 0.15) is 5.82 Å². The Bertz CT molecular complexity index is 1430. The van der Waals surface area contributed by atoms with E-state index in [0.29, 0.717) is 24.9 Å². The smallest absolute Gasteiger partial charge is 0.248 e. The highest BCUT2D eigenvalue weighted by Gasteiger charge is 2.35. The van der Waals surface area contributed by atoms with Crippen LogP contribution in [0.2, 0.25) is 0 Å². The van der Waals surface area contributed by atoms with Crippen molar-refractivity contribution < 1.29 is 9.59 Å². The molecule has 3 aromatic carbocycles. The fraction of sp³-hybridized carbons (Fsp3) is 0.258. The minimum absolute atomic E-state index is 0.0925. The lowest BCUT2D eigenvalue weighted by molar-refractivity contribution is -0.139. The minimum Gasteiger partial charge on any atom is -0.366 e. The van der Waals surface area contributed by atoms with Crippen molar-refractivity contribution in [3.63, 3.8) is 0 Å². The molecule has 0 saturated carbocycles. The number of aromatic nitrogens is 2. The number of nitrogens with two attached hydrogens (primary N) is 1. The van der Waals surface area contributed by atoms with E-state index in [-0.39, 0.29) is 17.9 Å². The first-order chi connectivity index (χ1) is 17.8. The van der Waals surface area contributed by atoms with Gasteiger partial charge in [-0.1, -0.05) is 61.5 Å². The molecule has 5 rings (SSSR count). The number of nitrogens with one attached hydrogen (secondary N) is 1. The molecule has 0 radical (unpaired) electrons. The second-order valence-electron chi connectivity index (χ2n) is 10.1. The Balaban J connectivity index is 1.44. The lowest BCUT2D eigenvalue weighted by atomic mass is 9.89. The molecule has 37 heavy (non-hydrogen) atoms. The van der Waals surface area contributed by atoms with Gasteiger partial charge >= 0.3 is 0 Å². The molecular weight excluding hydrogens is 460 g/mol. The van der Waals surface area contributed by atoms with E-state index in [1.54, 1.807) is 0 Å². The van der Waals surface area contributed by atoms with E-state index >= 15 is 0 Å². The number of carbonyl (C=O) groups is 2. The van der Waals surface area contributed by atoms with Gasteiger partial charge in [0, 0.05) is 24.4 Å². The molecule has 1 aliphatic heterocycles. The van der Waals surface area contributed by atoms with Crippen LogP contribution in [0.4, 0.5) is 0 Å². The van der Waals surface area contributed by atoms with Crippen LogP contribution in [0.25, 0.3) is 11.3 Å². The summed E-state index contributed by atoms with van der Waals surface area (Å²) in [7, 11) is 0. The van der Waals surface area contributed by atoms with Crippen molar-refractivity contribution in [2.45, 2.75) is 46.2 Å². The number of amides is 2. The van der Waals surface area contributed by atoms with Gasteiger partial charge in [-0.3, -0.25) is 9.59 Å². The number of primary amides is 1. The number of fused-ring (bicyclic) bond motifs is 1. The maximum absolute atomic E-state index is 14.0. The van der Waals surface area contributed by atoms with E-state index in [2.05, 4.69) is 23.2 Å². The normalized spacial score (nSPS) is 15.8.